The van der Waals surface area contributed by atoms with Crippen LogP contribution in [-0.2, 0) is 4.79 Å². The molecule has 0 aromatic carbocycles. The highest BCUT2D eigenvalue weighted by molar-refractivity contribution is 5.85. The van der Waals surface area contributed by atoms with Crippen LogP contribution in [0, 0.1) is 5.92 Å². The normalized spacial score (nSPS) is 17.0. The van der Waals surface area contributed by atoms with Crippen molar-refractivity contribution in [2.75, 3.05) is 32.7 Å². The number of nitrogens with zero attached hydrogens (tertiary/aromatic N) is 1. The van der Waals surface area contributed by atoms with Crippen LogP contribution in [0.1, 0.15) is 40.0 Å². The molecule has 122 valence electrons. The number of amides is 1. The molecule has 1 aliphatic heterocycles. The van der Waals surface area contributed by atoms with Gasteiger partial charge in [-0.25, -0.2) is 0 Å². The van der Waals surface area contributed by atoms with E-state index < -0.39 is 0 Å². The zero-order valence-electron chi connectivity index (χ0n) is 13.0. The Labute approximate surface area is 136 Å². The Morgan fingerprint density at radius 3 is 2.20 bits per heavy atom. The third kappa shape index (κ3) is 7.67. The van der Waals surface area contributed by atoms with Crippen LogP contribution in [0.2, 0.25) is 0 Å². The van der Waals surface area contributed by atoms with Crippen LogP contribution in [0.3, 0.4) is 0 Å². The van der Waals surface area contributed by atoms with Gasteiger partial charge < -0.3 is 10.6 Å². The summed E-state index contributed by atoms with van der Waals surface area (Å²) >= 11 is 0. The average Bonchev–Trinajstić information content (AvgIpc) is 2.36. The Balaban J connectivity index is 0. The van der Waals surface area contributed by atoms with Crippen LogP contribution in [-0.4, -0.2) is 49.6 Å². The van der Waals surface area contributed by atoms with E-state index in [4.69, 9.17) is 0 Å². The molecule has 2 N–H and O–H groups in total. The lowest BCUT2D eigenvalue weighted by Gasteiger charge is -2.35. The fourth-order valence-corrected chi connectivity index (χ4v) is 2.64. The number of hydrogen-bond acceptors (Lipinski definition) is 3. The number of hydrogen-bond donors (Lipinski definition) is 2. The molecule has 0 spiro atoms. The van der Waals surface area contributed by atoms with Gasteiger partial charge in [0.2, 0.25) is 5.91 Å². The second-order valence-electron chi connectivity index (χ2n) is 5.43. The molecule has 0 aromatic rings. The summed E-state index contributed by atoms with van der Waals surface area (Å²) in [5.41, 5.74) is 0. The molecule has 4 nitrogen and oxygen atoms in total. The monoisotopic (exact) mass is 327 g/mol. The molecular formula is C14H31Cl2N3O. The maximum atomic E-state index is 12.3. The minimum absolute atomic E-state index is 0. The van der Waals surface area contributed by atoms with Crippen LogP contribution in [0.5, 0.6) is 0 Å². The van der Waals surface area contributed by atoms with Crippen molar-refractivity contribution < 1.29 is 4.79 Å². The van der Waals surface area contributed by atoms with E-state index in [1.807, 2.05) is 0 Å². The van der Waals surface area contributed by atoms with E-state index in [9.17, 15) is 4.79 Å². The number of carbonyl (C=O) groups is 1. The van der Waals surface area contributed by atoms with Gasteiger partial charge in [0.05, 0.1) is 6.04 Å². The SMILES string of the molecule is CCNCCNC(=O)C(C(C)C)N1CCCCC1.Cl.Cl. The predicted octanol–water partition coefficient (Wildman–Crippen LogP) is 2.07. The lowest BCUT2D eigenvalue weighted by Crippen LogP contribution is -2.52. The van der Waals surface area contributed by atoms with E-state index in [-0.39, 0.29) is 36.8 Å². The van der Waals surface area contributed by atoms with Crippen molar-refractivity contribution in [3.63, 3.8) is 0 Å². The summed E-state index contributed by atoms with van der Waals surface area (Å²) in [6, 6.07) is 0.0481. The highest BCUT2D eigenvalue weighted by atomic mass is 35.5. The molecule has 1 atom stereocenters. The topological polar surface area (TPSA) is 44.4 Å². The summed E-state index contributed by atoms with van der Waals surface area (Å²) in [6.07, 6.45) is 3.77. The molecule has 0 aromatic heterocycles. The van der Waals surface area contributed by atoms with Gasteiger partial charge in [-0.2, -0.15) is 0 Å². The predicted molar refractivity (Wildman–Crippen MR) is 90.1 cm³/mol. The number of piperidine rings is 1. The van der Waals surface area contributed by atoms with E-state index in [2.05, 4.69) is 36.3 Å². The molecule has 1 unspecified atom stereocenters. The second-order valence-corrected chi connectivity index (χ2v) is 5.43. The first kappa shape index (κ1) is 22.3. The van der Waals surface area contributed by atoms with Gasteiger partial charge in [0.25, 0.3) is 0 Å². The van der Waals surface area contributed by atoms with Gasteiger partial charge in [0, 0.05) is 13.1 Å². The van der Waals surface area contributed by atoms with Crippen molar-refractivity contribution in [2.24, 2.45) is 5.92 Å². The van der Waals surface area contributed by atoms with E-state index in [0.717, 1.165) is 32.7 Å². The fourth-order valence-electron chi connectivity index (χ4n) is 2.64. The molecule has 1 amide bonds. The molecule has 1 saturated heterocycles. The highest BCUT2D eigenvalue weighted by Gasteiger charge is 2.29. The summed E-state index contributed by atoms with van der Waals surface area (Å²) in [6.45, 7) is 11.0. The number of halogens is 2. The Kier molecular flexibility index (Phi) is 14.1. The van der Waals surface area contributed by atoms with Crippen molar-refractivity contribution in [1.82, 2.24) is 15.5 Å². The smallest absolute Gasteiger partial charge is 0.237 e. The number of nitrogens with one attached hydrogen (secondary N) is 2. The third-order valence-corrected chi connectivity index (χ3v) is 3.54. The molecule has 0 aliphatic carbocycles. The summed E-state index contributed by atoms with van der Waals surface area (Å²) in [7, 11) is 0. The fraction of sp³-hybridized carbons (Fsp3) is 0.929. The Morgan fingerprint density at radius 1 is 1.10 bits per heavy atom. The molecule has 0 radical (unpaired) electrons. The Bertz CT molecular complexity index is 247. The largest absolute Gasteiger partial charge is 0.353 e. The standard InChI is InChI=1S/C14H29N3O.2ClH/c1-4-15-8-9-16-14(18)13(12(2)3)17-10-6-5-7-11-17;;/h12-13,15H,4-11H2,1-3H3,(H,16,18);2*1H. The minimum atomic E-state index is 0. The highest BCUT2D eigenvalue weighted by Crippen LogP contribution is 2.17. The van der Waals surface area contributed by atoms with E-state index in [1.54, 1.807) is 0 Å². The number of likely N-dealkylation sites (N-methyl/N-ethyl adjacent to an activating group) is 1. The molecule has 0 bridgehead atoms. The van der Waals surface area contributed by atoms with Crippen LogP contribution >= 0.6 is 24.8 Å². The molecule has 1 rings (SSSR count). The van der Waals surface area contributed by atoms with Crippen molar-refractivity contribution in [2.45, 2.75) is 46.1 Å². The summed E-state index contributed by atoms with van der Waals surface area (Å²) in [5.74, 6) is 0.576. The first-order chi connectivity index (χ1) is 8.66. The molecule has 0 saturated carbocycles. The zero-order chi connectivity index (χ0) is 13.4. The summed E-state index contributed by atoms with van der Waals surface area (Å²) in [4.78, 5) is 14.6. The second kappa shape index (κ2) is 12.7. The molecule has 20 heavy (non-hydrogen) atoms. The van der Waals surface area contributed by atoms with Gasteiger partial charge in [0.1, 0.15) is 0 Å². The quantitative estimate of drug-likeness (QED) is 0.703. The van der Waals surface area contributed by atoms with Crippen LogP contribution in [0.15, 0.2) is 0 Å². The first-order valence-corrected chi connectivity index (χ1v) is 7.39. The molecule has 6 heteroatoms. The van der Waals surface area contributed by atoms with Gasteiger partial charge in [-0.1, -0.05) is 27.2 Å². The Hall–Kier alpha value is -0.0300. The number of carbonyl (C=O) groups excluding carboxylic acids is 1. The van der Waals surface area contributed by atoms with Crippen molar-refractivity contribution in [3.05, 3.63) is 0 Å². The third-order valence-electron chi connectivity index (χ3n) is 3.54. The first-order valence-electron chi connectivity index (χ1n) is 7.39. The Morgan fingerprint density at radius 2 is 1.70 bits per heavy atom. The summed E-state index contributed by atoms with van der Waals surface area (Å²) < 4.78 is 0. The average molecular weight is 328 g/mol. The van der Waals surface area contributed by atoms with Gasteiger partial charge in [-0.15, -0.1) is 24.8 Å². The molecule has 1 fully saturated rings. The van der Waals surface area contributed by atoms with Crippen LogP contribution < -0.4 is 10.6 Å². The zero-order valence-corrected chi connectivity index (χ0v) is 14.6. The van der Waals surface area contributed by atoms with Crippen molar-refractivity contribution >= 4 is 30.7 Å². The number of likely N-dealkylation sites (tertiary alicyclic amines) is 1. The summed E-state index contributed by atoms with van der Waals surface area (Å²) in [5, 5.41) is 6.28. The molecule has 1 heterocycles. The van der Waals surface area contributed by atoms with E-state index in [0.29, 0.717) is 5.92 Å². The van der Waals surface area contributed by atoms with E-state index >= 15 is 0 Å². The minimum Gasteiger partial charge on any atom is -0.353 e. The van der Waals surface area contributed by atoms with Gasteiger partial charge in [0.15, 0.2) is 0 Å². The van der Waals surface area contributed by atoms with Crippen molar-refractivity contribution in [1.29, 1.82) is 0 Å². The molecule has 1 aliphatic rings. The van der Waals surface area contributed by atoms with Gasteiger partial charge in [-0.05, 0) is 38.4 Å². The number of rotatable bonds is 7. The van der Waals surface area contributed by atoms with Gasteiger partial charge >= 0.3 is 0 Å². The maximum absolute atomic E-state index is 12.3. The van der Waals surface area contributed by atoms with Crippen molar-refractivity contribution in [3.8, 4) is 0 Å². The van der Waals surface area contributed by atoms with E-state index in [1.165, 1.54) is 19.3 Å². The van der Waals surface area contributed by atoms with Crippen LogP contribution in [0.4, 0.5) is 0 Å². The van der Waals surface area contributed by atoms with Crippen LogP contribution in [0.25, 0.3) is 0 Å². The molecular weight excluding hydrogens is 297 g/mol. The van der Waals surface area contributed by atoms with Gasteiger partial charge in [-0.3, -0.25) is 9.69 Å². The lowest BCUT2D eigenvalue weighted by atomic mass is 9.98. The maximum Gasteiger partial charge on any atom is 0.237 e. The lowest BCUT2D eigenvalue weighted by molar-refractivity contribution is -0.128.